The van der Waals surface area contributed by atoms with Crippen LogP contribution in [-0.4, -0.2) is 29.5 Å². The zero-order valence-electron chi connectivity index (χ0n) is 17.1. The van der Waals surface area contributed by atoms with Crippen molar-refractivity contribution in [3.63, 3.8) is 0 Å². The van der Waals surface area contributed by atoms with Gasteiger partial charge in [-0.05, 0) is 46.4 Å². The second-order valence-corrected chi connectivity index (χ2v) is 8.02. The van der Waals surface area contributed by atoms with E-state index in [4.69, 9.17) is 0 Å². The number of aromatic nitrogens is 1. The first-order valence-corrected chi connectivity index (χ1v) is 10.4. The normalized spacial score (nSPS) is 17.6. The Morgan fingerprint density at radius 2 is 1.86 bits per heavy atom. The van der Waals surface area contributed by atoms with Crippen molar-refractivity contribution in [2.75, 3.05) is 19.6 Å². The van der Waals surface area contributed by atoms with Gasteiger partial charge in [-0.25, -0.2) is 4.39 Å². The van der Waals surface area contributed by atoms with Gasteiger partial charge in [-0.2, -0.15) is 0 Å². The number of pyridine rings is 1. The Kier molecular flexibility index (Phi) is 6.02. The summed E-state index contributed by atoms with van der Waals surface area (Å²) in [5.74, 6) is 0.260. The van der Waals surface area contributed by atoms with E-state index in [2.05, 4.69) is 59.4 Å². The average molecular weight is 390 g/mol. The van der Waals surface area contributed by atoms with E-state index in [1.165, 1.54) is 22.3 Å². The summed E-state index contributed by atoms with van der Waals surface area (Å²) in [6.45, 7) is 8.09. The molecular formula is C25H28FN3. The smallest absolute Gasteiger partial charge is 0.123 e. The van der Waals surface area contributed by atoms with Gasteiger partial charge in [0.15, 0.2) is 0 Å². The van der Waals surface area contributed by atoms with Gasteiger partial charge in [0.05, 0.1) is 0 Å². The van der Waals surface area contributed by atoms with Crippen LogP contribution in [0, 0.1) is 5.82 Å². The molecule has 2 aromatic carbocycles. The van der Waals surface area contributed by atoms with Gasteiger partial charge >= 0.3 is 0 Å². The molecule has 150 valence electrons. The summed E-state index contributed by atoms with van der Waals surface area (Å²) >= 11 is 0. The fourth-order valence-electron chi connectivity index (χ4n) is 4.22. The Morgan fingerprint density at radius 3 is 2.66 bits per heavy atom. The molecular weight excluding hydrogens is 361 g/mol. The Morgan fingerprint density at radius 1 is 1.07 bits per heavy atom. The molecule has 0 saturated carbocycles. The van der Waals surface area contributed by atoms with Gasteiger partial charge in [0.25, 0.3) is 0 Å². The van der Waals surface area contributed by atoms with Crippen molar-refractivity contribution in [3.05, 3.63) is 89.5 Å². The predicted molar refractivity (Wildman–Crippen MR) is 116 cm³/mol. The van der Waals surface area contributed by atoms with Gasteiger partial charge in [0, 0.05) is 50.2 Å². The minimum atomic E-state index is -0.189. The van der Waals surface area contributed by atoms with Crippen LogP contribution in [0.15, 0.2) is 67.0 Å². The quantitative estimate of drug-likeness (QED) is 0.653. The van der Waals surface area contributed by atoms with Gasteiger partial charge in [0.1, 0.15) is 5.82 Å². The van der Waals surface area contributed by atoms with Crippen LogP contribution in [0.25, 0.3) is 11.1 Å². The lowest BCUT2D eigenvalue weighted by molar-refractivity contribution is 0.154. The maximum absolute atomic E-state index is 13.4. The Bertz CT molecular complexity index is 952. The third-order valence-electron chi connectivity index (χ3n) is 5.77. The lowest BCUT2D eigenvalue weighted by atomic mass is 9.91. The van der Waals surface area contributed by atoms with Crippen molar-refractivity contribution in [1.82, 2.24) is 15.2 Å². The summed E-state index contributed by atoms with van der Waals surface area (Å²) < 4.78 is 13.4. The zero-order chi connectivity index (χ0) is 20.2. The number of piperazine rings is 1. The van der Waals surface area contributed by atoms with E-state index in [0.29, 0.717) is 5.92 Å². The van der Waals surface area contributed by atoms with Crippen molar-refractivity contribution in [1.29, 1.82) is 0 Å². The molecule has 4 rings (SSSR count). The van der Waals surface area contributed by atoms with Crippen LogP contribution in [0.5, 0.6) is 0 Å². The molecule has 1 atom stereocenters. The zero-order valence-corrected chi connectivity index (χ0v) is 17.1. The molecule has 1 aromatic heterocycles. The van der Waals surface area contributed by atoms with Crippen molar-refractivity contribution in [3.8, 4) is 11.1 Å². The highest BCUT2D eigenvalue weighted by Gasteiger charge is 2.25. The van der Waals surface area contributed by atoms with Crippen molar-refractivity contribution in [2.45, 2.75) is 32.4 Å². The molecule has 0 unspecified atom stereocenters. The third-order valence-corrected chi connectivity index (χ3v) is 5.77. The average Bonchev–Trinajstić information content (AvgIpc) is 2.75. The summed E-state index contributed by atoms with van der Waals surface area (Å²) in [6, 6.07) is 17.9. The topological polar surface area (TPSA) is 28.2 Å². The lowest BCUT2D eigenvalue weighted by Gasteiger charge is -2.37. The fraction of sp³-hybridized carbons (Fsp3) is 0.320. The number of benzene rings is 2. The number of hydrogen-bond acceptors (Lipinski definition) is 3. The molecule has 1 aliphatic heterocycles. The van der Waals surface area contributed by atoms with E-state index >= 15 is 0 Å². The van der Waals surface area contributed by atoms with E-state index < -0.39 is 0 Å². The van der Waals surface area contributed by atoms with Crippen LogP contribution in [0.3, 0.4) is 0 Å². The monoisotopic (exact) mass is 389 g/mol. The van der Waals surface area contributed by atoms with E-state index in [1.807, 2.05) is 24.5 Å². The summed E-state index contributed by atoms with van der Waals surface area (Å²) in [6.07, 6.45) is 3.87. The van der Waals surface area contributed by atoms with Crippen molar-refractivity contribution in [2.24, 2.45) is 0 Å². The Balaban J connectivity index is 1.67. The third kappa shape index (κ3) is 4.39. The standard InChI is InChI=1S/C25H28FN3/c1-18(2)22-5-3-4-6-23(22)24-15-27-12-11-20(24)17-29-14-13-28-16-25(29)19-7-9-21(26)10-8-19/h3-12,15,18,25,28H,13-14,16-17H2,1-2H3/t25-/m0/s1. The molecule has 1 aliphatic rings. The van der Waals surface area contributed by atoms with Gasteiger partial charge in [-0.15, -0.1) is 0 Å². The second-order valence-electron chi connectivity index (χ2n) is 8.02. The summed E-state index contributed by atoms with van der Waals surface area (Å²) in [4.78, 5) is 6.92. The number of halogens is 1. The molecule has 4 heteroatoms. The fourth-order valence-corrected chi connectivity index (χ4v) is 4.22. The van der Waals surface area contributed by atoms with E-state index in [1.54, 1.807) is 12.1 Å². The van der Waals surface area contributed by atoms with Crippen LogP contribution in [0.1, 0.15) is 42.5 Å². The van der Waals surface area contributed by atoms with Crippen LogP contribution < -0.4 is 5.32 Å². The first-order chi connectivity index (χ1) is 14.1. The van der Waals surface area contributed by atoms with E-state index in [0.717, 1.165) is 31.7 Å². The maximum Gasteiger partial charge on any atom is 0.123 e. The molecule has 0 amide bonds. The summed E-state index contributed by atoms with van der Waals surface area (Å²) in [5.41, 5.74) is 6.24. The van der Waals surface area contributed by atoms with Crippen LogP contribution >= 0.6 is 0 Å². The number of nitrogens with zero attached hydrogens (tertiary/aromatic N) is 2. The molecule has 0 aliphatic carbocycles. The maximum atomic E-state index is 13.4. The van der Waals surface area contributed by atoms with Gasteiger partial charge in [-0.3, -0.25) is 9.88 Å². The highest BCUT2D eigenvalue weighted by Crippen LogP contribution is 2.33. The largest absolute Gasteiger partial charge is 0.314 e. The number of rotatable bonds is 5. The molecule has 1 saturated heterocycles. The van der Waals surface area contributed by atoms with Crippen LogP contribution in [0.2, 0.25) is 0 Å². The molecule has 3 aromatic rings. The van der Waals surface area contributed by atoms with E-state index in [-0.39, 0.29) is 11.9 Å². The van der Waals surface area contributed by atoms with Gasteiger partial charge < -0.3 is 5.32 Å². The Hall–Kier alpha value is -2.56. The van der Waals surface area contributed by atoms with Crippen LogP contribution in [0.4, 0.5) is 4.39 Å². The second kappa shape index (κ2) is 8.85. The highest BCUT2D eigenvalue weighted by molar-refractivity contribution is 5.70. The first-order valence-electron chi connectivity index (χ1n) is 10.4. The molecule has 29 heavy (non-hydrogen) atoms. The molecule has 3 nitrogen and oxygen atoms in total. The van der Waals surface area contributed by atoms with Gasteiger partial charge in [-0.1, -0.05) is 50.2 Å². The molecule has 0 spiro atoms. The van der Waals surface area contributed by atoms with Crippen molar-refractivity contribution >= 4 is 0 Å². The highest BCUT2D eigenvalue weighted by atomic mass is 19.1. The minimum absolute atomic E-state index is 0.189. The summed E-state index contributed by atoms with van der Waals surface area (Å²) in [7, 11) is 0. The predicted octanol–water partition coefficient (Wildman–Crippen LogP) is 5.16. The van der Waals surface area contributed by atoms with E-state index in [9.17, 15) is 4.39 Å². The van der Waals surface area contributed by atoms with Gasteiger partial charge in [0.2, 0.25) is 0 Å². The minimum Gasteiger partial charge on any atom is -0.314 e. The lowest BCUT2D eigenvalue weighted by Crippen LogP contribution is -2.45. The summed E-state index contributed by atoms with van der Waals surface area (Å²) in [5, 5.41) is 3.49. The number of nitrogens with one attached hydrogen (secondary N) is 1. The number of hydrogen-bond donors (Lipinski definition) is 1. The molecule has 1 fully saturated rings. The molecule has 1 N–H and O–H groups in total. The van der Waals surface area contributed by atoms with Crippen LogP contribution in [-0.2, 0) is 6.54 Å². The SMILES string of the molecule is CC(C)c1ccccc1-c1cnccc1CN1CCNC[C@H]1c1ccc(F)cc1. The molecule has 2 heterocycles. The molecule has 0 radical (unpaired) electrons. The Labute approximate surface area is 172 Å². The van der Waals surface area contributed by atoms with Crippen molar-refractivity contribution < 1.29 is 4.39 Å². The molecule has 0 bridgehead atoms. The first kappa shape index (κ1) is 19.7.